The molecule has 0 spiro atoms. The number of aliphatic hydroxyl groups excluding tert-OH is 1. The third-order valence-corrected chi connectivity index (χ3v) is 5.73. The first-order valence-corrected chi connectivity index (χ1v) is 8.13. The van der Waals surface area contributed by atoms with E-state index < -0.39 is 30.8 Å². The van der Waals surface area contributed by atoms with E-state index in [4.69, 9.17) is 4.74 Å². The van der Waals surface area contributed by atoms with Gasteiger partial charge in [-0.3, -0.25) is 0 Å². The van der Waals surface area contributed by atoms with Crippen molar-refractivity contribution >= 4 is 0 Å². The fourth-order valence-corrected chi connectivity index (χ4v) is 4.70. The van der Waals surface area contributed by atoms with Gasteiger partial charge in [0.05, 0.1) is 12.0 Å². The zero-order valence-electron chi connectivity index (χ0n) is 12.9. The summed E-state index contributed by atoms with van der Waals surface area (Å²) in [5.41, 5.74) is 0. The minimum Gasteiger partial charge on any atom is -0.392 e. The van der Waals surface area contributed by atoms with Crippen LogP contribution in [0.1, 0.15) is 26.2 Å². The van der Waals surface area contributed by atoms with E-state index in [0.717, 1.165) is 6.42 Å². The van der Waals surface area contributed by atoms with Crippen LogP contribution < -0.4 is 0 Å². The van der Waals surface area contributed by atoms with Gasteiger partial charge in [-0.05, 0) is 49.9 Å². The quantitative estimate of drug-likeness (QED) is 0.361. The zero-order valence-corrected chi connectivity index (χ0v) is 12.9. The number of hydrogen-bond donors (Lipinski definition) is 1. The van der Waals surface area contributed by atoms with Crippen LogP contribution in [0.5, 0.6) is 0 Å². The van der Waals surface area contributed by atoms with Gasteiger partial charge in [-0.2, -0.15) is 13.2 Å². The van der Waals surface area contributed by atoms with Gasteiger partial charge in [0.25, 0.3) is 0 Å². The van der Waals surface area contributed by atoms with Gasteiger partial charge in [-0.1, -0.05) is 12.2 Å². The van der Waals surface area contributed by atoms with Gasteiger partial charge in [0.15, 0.2) is 6.79 Å². The molecule has 2 saturated carbocycles. The highest BCUT2D eigenvalue weighted by atomic mass is 19.4. The van der Waals surface area contributed by atoms with E-state index in [0.29, 0.717) is 12.3 Å². The average Bonchev–Trinajstić information content (AvgIpc) is 3.08. The van der Waals surface area contributed by atoms with Crippen molar-refractivity contribution in [2.75, 3.05) is 13.4 Å². The smallest absolute Gasteiger partial charge is 0.392 e. The Morgan fingerprint density at radius 1 is 1.13 bits per heavy atom. The fraction of sp³-hybridized carbons (Fsp3) is 0.875. The molecule has 0 aromatic rings. The number of alkyl halides is 4. The van der Waals surface area contributed by atoms with Crippen LogP contribution in [0.3, 0.4) is 0 Å². The number of fused-ring (bicyclic) bond motifs is 5. The number of halogens is 4. The SMILES string of the molecule is CCOCOC(F)(C1CCC2C3C=CC(C3)C2C1O)C(F)(F)F. The highest BCUT2D eigenvalue weighted by molar-refractivity contribution is 5.17. The van der Waals surface area contributed by atoms with Crippen LogP contribution in [0, 0.1) is 29.6 Å². The van der Waals surface area contributed by atoms with Gasteiger partial charge in [0, 0.05) is 6.61 Å². The molecule has 132 valence electrons. The summed E-state index contributed by atoms with van der Waals surface area (Å²) in [5.74, 6) is -5.29. The van der Waals surface area contributed by atoms with E-state index in [1.807, 2.05) is 6.08 Å². The van der Waals surface area contributed by atoms with E-state index >= 15 is 0 Å². The largest absolute Gasteiger partial charge is 0.448 e. The van der Waals surface area contributed by atoms with Gasteiger partial charge in [-0.15, -0.1) is 0 Å². The summed E-state index contributed by atoms with van der Waals surface area (Å²) in [6, 6.07) is 0. The molecule has 0 radical (unpaired) electrons. The molecule has 7 unspecified atom stereocenters. The minimum atomic E-state index is -5.21. The van der Waals surface area contributed by atoms with Gasteiger partial charge in [-0.25, -0.2) is 4.39 Å². The maximum absolute atomic E-state index is 14.9. The number of allylic oxidation sites excluding steroid dienone is 2. The summed E-state index contributed by atoms with van der Waals surface area (Å²) in [7, 11) is 0. The third kappa shape index (κ3) is 2.70. The molecule has 0 aromatic heterocycles. The molecule has 0 aromatic carbocycles. The molecule has 0 saturated heterocycles. The number of hydrogen-bond acceptors (Lipinski definition) is 3. The van der Waals surface area contributed by atoms with Gasteiger partial charge >= 0.3 is 12.0 Å². The lowest BCUT2D eigenvalue weighted by Crippen LogP contribution is -2.58. The molecule has 3 rings (SSSR count). The predicted molar refractivity (Wildman–Crippen MR) is 73.9 cm³/mol. The summed E-state index contributed by atoms with van der Waals surface area (Å²) in [6.45, 7) is 0.925. The van der Waals surface area contributed by atoms with Crippen LogP contribution in [-0.2, 0) is 9.47 Å². The van der Waals surface area contributed by atoms with Crippen LogP contribution >= 0.6 is 0 Å². The monoisotopic (exact) mass is 338 g/mol. The van der Waals surface area contributed by atoms with E-state index in [9.17, 15) is 22.7 Å². The molecule has 1 N–H and O–H groups in total. The molecular formula is C16H22F4O3. The molecule has 3 aliphatic rings. The van der Waals surface area contributed by atoms with Crippen molar-refractivity contribution in [3.63, 3.8) is 0 Å². The van der Waals surface area contributed by atoms with Crippen molar-refractivity contribution in [3.05, 3.63) is 12.2 Å². The van der Waals surface area contributed by atoms with Crippen molar-refractivity contribution in [3.8, 4) is 0 Å². The highest BCUT2D eigenvalue weighted by Gasteiger charge is 2.67. The Morgan fingerprint density at radius 2 is 1.83 bits per heavy atom. The molecule has 0 amide bonds. The van der Waals surface area contributed by atoms with Crippen LogP contribution in [0.2, 0.25) is 0 Å². The summed E-state index contributed by atoms with van der Waals surface area (Å²) < 4.78 is 64.1. The van der Waals surface area contributed by atoms with Crippen LogP contribution in [0.4, 0.5) is 17.6 Å². The van der Waals surface area contributed by atoms with Gasteiger partial charge in [0.2, 0.25) is 0 Å². The van der Waals surface area contributed by atoms with Gasteiger partial charge < -0.3 is 14.6 Å². The van der Waals surface area contributed by atoms with Gasteiger partial charge in [0.1, 0.15) is 0 Å². The standard InChI is InChI=1S/C16H22F4O3/c1-2-22-8-23-15(17,16(18,19)20)12-6-5-11-9-3-4-10(7-9)13(11)14(12)21/h3-4,9-14,21H,2,5-8H2,1H3. The number of aliphatic hydroxyl groups is 1. The predicted octanol–water partition coefficient (Wildman–Crippen LogP) is 3.43. The van der Waals surface area contributed by atoms with Crippen molar-refractivity contribution in [1.29, 1.82) is 0 Å². The first-order chi connectivity index (χ1) is 10.8. The Kier molecular flexibility index (Phi) is 4.48. The van der Waals surface area contributed by atoms with E-state index in [-0.39, 0.29) is 30.8 Å². The molecule has 2 bridgehead atoms. The second kappa shape index (κ2) is 6.01. The summed E-state index contributed by atoms with van der Waals surface area (Å²) in [6.07, 6.45) is -1.25. The fourth-order valence-electron chi connectivity index (χ4n) is 4.70. The molecule has 2 fully saturated rings. The topological polar surface area (TPSA) is 38.7 Å². The molecule has 23 heavy (non-hydrogen) atoms. The second-order valence-corrected chi connectivity index (χ2v) is 6.76. The summed E-state index contributed by atoms with van der Waals surface area (Å²) in [4.78, 5) is 0. The first-order valence-electron chi connectivity index (χ1n) is 8.13. The third-order valence-electron chi connectivity index (χ3n) is 5.73. The molecule has 7 heteroatoms. The van der Waals surface area contributed by atoms with Crippen LogP contribution in [0.15, 0.2) is 12.2 Å². The Hall–Kier alpha value is -0.660. The lowest BCUT2D eigenvalue weighted by atomic mass is 9.65. The van der Waals surface area contributed by atoms with Crippen molar-refractivity contribution in [1.82, 2.24) is 0 Å². The molecular weight excluding hydrogens is 316 g/mol. The normalized spacial score (nSPS) is 41.8. The van der Waals surface area contributed by atoms with E-state index in [1.165, 1.54) is 0 Å². The highest BCUT2D eigenvalue weighted by Crippen LogP contribution is 2.58. The molecule has 3 aliphatic carbocycles. The second-order valence-electron chi connectivity index (χ2n) is 6.76. The van der Waals surface area contributed by atoms with Crippen molar-refractivity contribution in [2.45, 2.75) is 44.3 Å². The molecule has 0 heterocycles. The minimum absolute atomic E-state index is 0.0402. The lowest BCUT2D eigenvalue weighted by molar-refractivity contribution is -0.382. The van der Waals surface area contributed by atoms with Crippen LogP contribution in [-0.4, -0.2) is 36.6 Å². The number of rotatable bonds is 5. The summed E-state index contributed by atoms with van der Waals surface area (Å²) >= 11 is 0. The summed E-state index contributed by atoms with van der Waals surface area (Å²) in [5, 5.41) is 10.5. The van der Waals surface area contributed by atoms with Crippen LogP contribution in [0.25, 0.3) is 0 Å². The first kappa shape index (κ1) is 17.2. The molecule has 7 atom stereocenters. The maximum Gasteiger partial charge on any atom is 0.448 e. The van der Waals surface area contributed by atoms with Crippen molar-refractivity contribution < 1.29 is 32.1 Å². The maximum atomic E-state index is 14.9. The lowest BCUT2D eigenvalue weighted by Gasteiger charge is -2.46. The van der Waals surface area contributed by atoms with E-state index in [1.54, 1.807) is 6.92 Å². The Labute approximate surface area is 132 Å². The van der Waals surface area contributed by atoms with Crippen molar-refractivity contribution in [2.24, 2.45) is 29.6 Å². The average molecular weight is 338 g/mol. The Morgan fingerprint density at radius 3 is 2.48 bits per heavy atom. The van der Waals surface area contributed by atoms with E-state index in [2.05, 4.69) is 10.8 Å². The molecule has 0 aliphatic heterocycles. The zero-order chi connectivity index (χ0) is 16.8. The Bertz CT molecular complexity index is 467. The Balaban J connectivity index is 1.81. The molecule has 3 nitrogen and oxygen atoms in total. The number of ether oxygens (including phenoxy) is 2.